The van der Waals surface area contributed by atoms with Crippen LogP contribution in [0.4, 0.5) is 0 Å². The fourth-order valence-electron chi connectivity index (χ4n) is 1.51. The van der Waals surface area contributed by atoms with Crippen molar-refractivity contribution in [2.75, 3.05) is 0 Å². The van der Waals surface area contributed by atoms with Crippen molar-refractivity contribution < 1.29 is 12.6 Å². The van der Waals surface area contributed by atoms with Crippen LogP contribution in [0, 0.1) is 0 Å². The molecule has 0 aliphatic carbocycles. The molecule has 0 saturated heterocycles. The summed E-state index contributed by atoms with van der Waals surface area (Å²) < 4.78 is 29.3. The zero-order valence-corrected chi connectivity index (χ0v) is 13.9. The fraction of sp³-hybridized carbons (Fsp3) is 0.0769. The highest BCUT2D eigenvalue weighted by Crippen LogP contribution is 2.36. The van der Waals surface area contributed by atoms with Crippen LogP contribution in [0.2, 0.25) is 10.0 Å². The Morgan fingerprint density at radius 3 is 2.10 bits per heavy atom. The van der Waals surface area contributed by atoms with Gasteiger partial charge in [0.15, 0.2) is 5.75 Å². The van der Waals surface area contributed by atoms with Gasteiger partial charge in [-0.1, -0.05) is 57.3 Å². The van der Waals surface area contributed by atoms with Crippen molar-refractivity contribution in [3.8, 4) is 5.75 Å². The van der Waals surface area contributed by atoms with Crippen molar-refractivity contribution in [3.63, 3.8) is 0 Å². The molecular formula is C13H9BrCl2O3S. The Hall–Kier alpha value is -0.750. The average Bonchev–Trinajstić information content (AvgIpc) is 2.43. The molecule has 0 aliphatic heterocycles. The first-order chi connectivity index (χ1) is 9.44. The molecule has 3 nitrogen and oxygen atoms in total. The van der Waals surface area contributed by atoms with Gasteiger partial charge in [0.2, 0.25) is 0 Å². The summed E-state index contributed by atoms with van der Waals surface area (Å²) in [6, 6.07) is 11.0. The van der Waals surface area contributed by atoms with Crippen LogP contribution in [-0.2, 0) is 15.4 Å². The molecule has 0 spiro atoms. The Bertz CT molecular complexity index is 695. The molecule has 7 heteroatoms. The van der Waals surface area contributed by atoms with E-state index in [1.807, 2.05) is 0 Å². The summed E-state index contributed by atoms with van der Waals surface area (Å²) in [5, 5.41) is 0.843. The number of hydrogen-bond donors (Lipinski definition) is 0. The highest BCUT2D eigenvalue weighted by atomic mass is 79.9. The van der Waals surface area contributed by atoms with Gasteiger partial charge in [-0.15, -0.1) is 0 Å². The van der Waals surface area contributed by atoms with Crippen molar-refractivity contribution in [1.82, 2.24) is 0 Å². The minimum atomic E-state index is -3.96. The van der Waals surface area contributed by atoms with Crippen LogP contribution in [0.5, 0.6) is 5.75 Å². The van der Waals surface area contributed by atoms with E-state index in [9.17, 15) is 8.42 Å². The first-order valence-electron chi connectivity index (χ1n) is 5.47. The Labute approximate surface area is 135 Å². The normalized spacial score (nSPS) is 11.3. The van der Waals surface area contributed by atoms with E-state index in [4.69, 9.17) is 27.4 Å². The fourth-order valence-corrected chi connectivity index (χ4v) is 3.52. The lowest BCUT2D eigenvalue weighted by Gasteiger charge is -2.11. The maximum atomic E-state index is 12.1. The van der Waals surface area contributed by atoms with Gasteiger partial charge < -0.3 is 4.18 Å². The monoisotopic (exact) mass is 394 g/mol. The molecule has 0 radical (unpaired) electrons. The second-order valence-electron chi connectivity index (χ2n) is 3.87. The quantitative estimate of drug-likeness (QED) is 0.558. The van der Waals surface area contributed by atoms with Crippen LogP contribution < -0.4 is 4.18 Å². The van der Waals surface area contributed by atoms with E-state index < -0.39 is 10.1 Å². The molecular weight excluding hydrogens is 387 g/mol. The third kappa shape index (κ3) is 3.47. The van der Waals surface area contributed by atoms with Gasteiger partial charge in [0.05, 0.1) is 10.0 Å². The topological polar surface area (TPSA) is 43.4 Å². The van der Waals surface area contributed by atoms with Crippen molar-refractivity contribution >= 4 is 49.2 Å². The van der Waals surface area contributed by atoms with Gasteiger partial charge in [-0.3, -0.25) is 0 Å². The molecule has 0 aliphatic rings. The molecule has 0 bridgehead atoms. The zero-order chi connectivity index (χ0) is 14.8. The van der Waals surface area contributed by atoms with Gasteiger partial charge in [0.25, 0.3) is 0 Å². The molecule has 0 amide bonds. The summed E-state index contributed by atoms with van der Waals surface area (Å²) in [7, 11) is -3.96. The first-order valence-corrected chi connectivity index (χ1v) is 8.76. The lowest BCUT2D eigenvalue weighted by Crippen LogP contribution is -2.10. The van der Waals surface area contributed by atoms with E-state index >= 15 is 0 Å². The summed E-state index contributed by atoms with van der Waals surface area (Å²) in [6.45, 7) is 0. The number of rotatable bonds is 4. The maximum absolute atomic E-state index is 12.1. The van der Waals surface area contributed by atoms with Crippen LogP contribution in [0.3, 0.4) is 0 Å². The minimum Gasteiger partial charge on any atom is -0.376 e. The van der Waals surface area contributed by atoms with Crippen molar-refractivity contribution in [2.24, 2.45) is 0 Å². The molecule has 106 valence electrons. The number of hydrogen-bond acceptors (Lipinski definition) is 3. The summed E-state index contributed by atoms with van der Waals surface area (Å²) in [5.74, 6) is -0.0677. The van der Waals surface area contributed by atoms with Crippen molar-refractivity contribution in [3.05, 3.63) is 58.1 Å². The Morgan fingerprint density at radius 2 is 1.60 bits per heavy atom. The SMILES string of the molecule is O=S(=O)(Oc1c(Cl)cc(CBr)cc1Cl)c1ccccc1. The number of halogens is 3. The Morgan fingerprint density at radius 1 is 1.05 bits per heavy atom. The van der Waals surface area contributed by atoms with Crippen LogP contribution in [0.15, 0.2) is 47.4 Å². The molecule has 20 heavy (non-hydrogen) atoms. The van der Waals surface area contributed by atoms with Crippen LogP contribution >= 0.6 is 39.1 Å². The van der Waals surface area contributed by atoms with Gasteiger partial charge in [0, 0.05) is 5.33 Å². The maximum Gasteiger partial charge on any atom is 0.339 e. The smallest absolute Gasteiger partial charge is 0.339 e. The molecule has 0 heterocycles. The summed E-state index contributed by atoms with van der Waals surface area (Å²) in [5.41, 5.74) is 0.824. The van der Waals surface area contributed by atoms with Gasteiger partial charge in [-0.05, 0) is 29.8 Å². The molecule has 0 atom stereocenters. The molecule has 0 N–H and O–H groups in total. The standard InChI is InChI=1S/C13H9BrCl2O3S/c14-8-9-6-11(15)13(12(16)7-9)19-20(17,18)10-4-2-1-3-5-10/h1-7H,8H2. The lowest BCUT2D eigenvalue weighted by atomic mass is 10.2. The number of alkyl halides is 1. The second-order valence-corrected chi connectivity index (χ2v) is 6.79. The van der Waals surface area contributed by atoms with E-state index in [1.165, 1.54) is 12.1 Å². The van der Waals surface area contributed by atoms with Gasteiger partial charge in [0.1, 0.15) is 4.90 Å². The summed E-state index contributed by atoms with van der Waals surface area (Å²) >= 11 is 15.3. The molecule has 0 saturated carbocycles. The van der Waals surface area contributed by atoms with E-state index in [2.05, 4.69) is 15.9 Å². The third-order valence-electron chi connectivity index (χ3n) is 2.44. The molecule has 2 aromatic rings. The van der Waals surface area contributed by atoms with E-state index in [0.717, 1.165) is 5.56 Å². The third-order valence-corrected chi connectivity index (χ3v) is 4.88. The zero-order valence-electron chi connectivity index (χ0n) is 10.0. The highest BCUT2D eigenvalue weighted by molar-refractivity contribution is 9.08. The van der Waals surface area contributed by atoms with E-state index in [1.54, 1.807) is 30.3 Å². The Kier molecular flexibility index (Phi) is 4.96. The predicted octanol–water partition coefficient (Wildman–Crippen LogP) is 4.66. The molecule has 2 aromatic carbocycles. The van der Waals surface area contributed by atoms with Gasteiger partial charge in [-0.25, -0.2) is 0 Å². The summed E-state index contributed by atoms with van der Waals surface area (Å²) in [6.07, 6.45) is 0. The average molecular weight is 396 g/mol. The summed E-state index contributed by atoms with van der Waals surface area (Å²) in [4.78, 5) is 0.0386. The van der Waals surface area contributed by atoms with Crippen LogP contribution in [0.25, 0.3) is 0 Å². The largest absolute Gasteiger partial charge is 0.376 e. The number of benzene rings is 2. The lowest BCUT2D eigenvalue weighted by molar-refractivity contribution is 0.486. The molecule has 2 rings (SSSR count). The van der Waals surface area contributed by atoms with Crippen molar-refractivity contribution in [2.45, 2.75) is 10.2 Å². The molecule has 0 aromatic heterocycles. The van der Waals surface area contributed by atoms with E-state index in [-0.39, 0.29) is 20.7 Å². The second kappa shape index (κ2) is 6.35. The van der Waals surface area contributed by atoms with Crippen molar-refractivity contribution in [1.29, 1.82) is 0 Å². The first kappa shape index (κ1) is 15.6. The van der Waals surface area contributed by atoms with Gasteiger partial charge >= 0.3 is 10.1 Å². The molecule has 0 unspecified atom stereocenters. The van der Waals surface area contributed by atoms with Crippen LogP contribution in [-0.4, -0.2) is 8.42 Å². The molecule has 0 fully saturated rings. The predicted molar refractivity (Wildman–Crippen MR) is 83.3 cm³/mol. The Balaban J connectivity index is 2.40. The van der Waals surface area contributed by atoms with Gasteiger partial charge in [-0.2, -0.15) is 8.42 Å². The minimum absolute atomic E-state index is 0.0386. The highest BCUT2D eigenvalue weighted by Gasteiger charge is 2.20. The van der Waals surface area contributed by atoms with Crippen LogP contribution in [0.1, 0.15) is 5.56 Å². The van der Waals surface area contributed by atoms with E-state index in [0.29, 0.717) is 5.33 Å².